The van der Waals surface area contributed by atoms with Gasteiger partial charge in [0.15, 0.2) is 0 Å². The molecule has 1 aliphatic rings. The van der Waals surface area contributed by atoms with Crippen molar-refractivity contribution < 1.29 is 33.0 Å². The Morgan fingerprint density at radius 3 is 1.90 bits per heavy atom. The topological polar surface area (TPSA) is 129 Å². The van der Waals surface area contributed by atoms with Crippen LogP contribution in [0.15, 0.2) is 108 Å². The van der Waals surface area contributed by atoms with E-state index in [0.29, 0.717) is 16.1 Å². The quantitative estimate of drug-likeness (QED) is 0.185. The highest BCUT2D eigenvalue weighted by Gasteiger charge is 2.67. The zero-order valence-corrected chi connectivity index (χ0v) is 23.0. The number of carbonyl (C=O) groups is 3. The highest BCUT2D eigenvalue weighted by atomic mass is 35.5. The summed E-state index contributed by atoms with van der Waals surface area (Å²) in [4.78, 5) is 35.7. The maximum absolute atomic E-state index is 14.2. The third-order valence-corrected chi connectivity index (χ3v) is 9.46. The summed E-state index contributed by atoms with van der Waals surface area (Å²) >= 11 is 5.98. The van der Waals surface area contributed by atoms with Crippen LogP contribution in [0.2, 0.25) is 5.02 Å². The van der Waals surface area contributed by atoms with Crippen molar-refractivity contribution in [3.63, 3.8) is 0 Å². The lowest BCUT2D eigenvalue weighted by Crippen LogP contribution is -2.48. The number of Topliss-reactive ketones (excluding diaryl/α,β-unsaturated/α-hetero) is 1. The highest BCUT2D eigenvalue weighted by molar-refractivity contribution is 7.89. The standard InChI is InChI=1S/C31H24ClNO7S/c32-25-14-10-21(11-15-25)22-12-16-26(17-13-22)41(39,40)33(19-20-6-8-24(9-7-20)28(34)29(35)36)31(30(37)38)18-27(31)23-4-2-1-3-5-23/h1-17,27H,18-19H2,(H,35,36)(H,37,38). The predicted molar refractivity (Wildman–Crippen MR) is 152 cm³/mol. The molecule has 0 radical (unpaired) electrons. The van der Waals surface area contributed by atoms with Gasteiger partial charge >= 0.3 is 11.9 Å². The monoisotopic (exact) mass is 589 g/mol. The Morgan fingerprint density at radius 1 is 0.805 bits per heavy atom. The second kappa shape index (κ2) is 10.9. The molecular formula is C31H24ClNO7S. The normalized spacial score (nSPS) is 18.1. The molecule has 2 atom stereocenters. The number of rotatable bonds is 10. The van der Waals surface area contributed by atoms with Gasteiger partial charge in [0.25, 0.3) is 5.78 Å². The van der Waals surface area contributed by atoms with Gasteiger partial charge in [0, 0.05) is 23.0 Å². The van der Waals surface area contributed by atoms with Crippen LogP contribution in [-0.4, -0.2) is 46.2 Å². The molecule has 2 N–H and O–H groups in total. The number of carboxylic acids is 2. The smallest absolute Gasteiger partial charge is 0.377 e. The minimum atomic E-state index is -4.36. The van der Waals surface area contributed by atoms with Gasteiger partial charge in [-0.1, -0.05) is 90.5 Å². The van der Waals surface area contributed by atoms with Crippen LogP contribution in [0, 0.1) is 0 Å². The summed E-state index contributed by atoms with van der Waals surface area (Å²) < 4.78 is 29.4. The average Bonchev–Trinajstić information content (AvgIpc) is 3.73. The van der Waals surface area contributed by atoms with Gasteiger partial charge in [-0.3, -0.25) is 9.59 Å². The lowest BCUT2D eigenvalue weighted by atomic mass is 10.0. The number of hydrogen-bond acceptors (Lipinski definition) is 5. The molecule has 0 saturated heterocycles. The Hall–Kier alpha value is -4.31. The number of halogens is 1. The molecule has 0 aliphatic heterocycles. The zero-order valence-electron chi connectivity index (χ0n) is 21.5. The number of nitrogens with zero attached hydrogens (tertiary/aromatic N) is 1. The summed E-state index contributed by atoms with van der Waals surface area (Å²) in [6.45, 7) is -0.307. The molecule has 2 unspecified atom stereocenters. The van der Waals surface area contributed by atoms with Crippen LogP contribution in [0.3, 0.4) is 0 Å². The molecule has 0 heterocycles. The number of carbonyl (C=O) groups excluding carboxylic acids is 1. The number of hydrogen-bond donors (Lipinski definition) is 2. The van der Waals surface area contributed by atoms with Gasteiger partial charge in [-0.2, -0.15) is 4.31 Å². The van der Waals surface area contributed by atoms with Gasteiger partial charge in [0.1, 0.15) is 5.54 Å². The second-order valence-electron chi connectivity index (χ2n) is 9.77. The van der Waals surface area contributed by atoms with E-state index in [1.54, 1.807) is 54.6 Å². The Labute approximate surface area is 241 Å². The number of ketones is 1. The SMILES string of the molecule is O=C(O)C(=O)c1ccc(CN(C2(C(=O)O)CC2c2ccccc2)S(=O)(=O)c2ccc(-c3ccc(Cl)cc3)cc2)cc1. The minimum absolute atomic E-state index is 0.0734. The molecule has 0 bridgehead atoms. The molecule has 0 spiro atoms. The van der Waals surface area contributed by atoms with Crippen LogP contribution in [0.25, 0.3) is 11.1 Å². The van der Waals surface area contributed by atoms with Crippen molar-refractivity contribution in [1.29, 1.82) is 0 Å². The predicted octanol–water partition coefficient (Wildman–Crippen LogP) is 5.48. The van der Waals surface area contributed by atoms with Crippen molar-refractivity contribution in [1.82, 2.24) is 4.31 Å². The summed E-state index contributed by atoms with van der Waals surface area (Å²) in [7, 11) is -4.36. The second-order valence-corrected chi connectivity index (χ2v) is 12.1. The molecule has 1 saturated carbocycles. The Kier molecular flexibility index (Phi) is 7.52. The first-order valence-corrected chi connectivity index (χ1v) is 14.4. The van der Waals surface area contributed by atoms with E-state index in [1.807, 2.05) is 12.1 Å². The first-order valence-electron chi connectivity index (χ1n) is 12.6. The molecule has 0 amide bonds. The van der Waals surface area contributed by atoms with Crippen molar-refractivity contribution in [2.75, 3.05) is 0 Å². The maximum Gasteiger partial charge on any atom is 0.377 e. The van der Waals surface area contributed by atoms with Gasteiger partial charge in [0.05, 0.1) is 4.90 Å². The molecule has 8 nitrogen and oxygen atoms in total. The molecule has 4 aromatic rings. The molecule has 4 aromatic carbocycles. The molecule has 1 aliphatic carbocycles. The summed E-state index contributed by atoms with van der Waals surface area (Å²) in [6.07, 6.45) is 0.0734. The molecule has 1 fully saturated rings. The van der Waals surface area contributed by atoms with Crippen molar-refractivity contribution in [2.24, 2.45) is 0 Å². The first kappa shape index (κ1) is 28.2. The molecule has 0 aromatic heterocycles. The van der Waals surface area contributed by atoms with Crippen LogP contribution in [0.1, 0.15) is 33.8 Å². The molecular weight excluding hydrogens is 566 g/mol. The Balaban J connectivity index is 1.55. The van der Waals surface area contributed by atoms with E-state index >= 15 is 0 Å². The fraction of sp³-hybridized carbons (Fsp3) is 0.129. The maximum atomic E-state index is 14.2. The van der Waals surface area contributed by atoms with E-state index in [9.17, 15) is 27.9 Å². The van der Waals surface area contributed by atoms with Crippen LogP contribution < -0.4 is 0 Å². The van der Waals surface area contributed by atoms with Crippen molar-refractivity contribution >= 4 is 39.3 Å². The highest BCUT2D eigenvalue weighted by Crippen LogP contribution is 2.57. The fourth-order valence-electron chi connectivity index (χ4n) is 5.03. The van der Waals surface area contributed by atoms with Crippen LogP contribution in [0.4, 0.5) is 0 Å². The van der Waals surface area contributed by atoms with Crippen LogP contribution in [-0.2, 0) is 26.2 Å². The van der Waals surface area contributed by atoms with Gasteiger partial charge in [0.2, 0.25) is 10.0 Å². The van der Waals surface area contributed by atoms with Crippen molar-refractivity contribution in [3.8, 4) is 11.1 Å². The van der Waals surface area contributed by atoms with Gasteiger partial charge in [-0.15, -0.1) is 0 Å². The molecule has 208 valence electrons. The fourth-order valence-corrected chi connectivity index (χ4v) is 6.92. The van der Waals surface area contributed by atoms with E-state index in [0.717, 1.165) is 15.4 Å². The van der Waals surface area contributed by atoms with E-state index in [1.165, 1.54) is 36.4 Å². The largest absolute Gasteiger partial charge is 0.480 e. The average molecular weight is 590 g/mol. The number of benzene rings is 4. The summed E-state index contributed by atoms with van der Waals surface area (Å²) in [5.41, 5.74) is 0.870. The molecule has 5 rings (SSSR count). The molecule has 41 heavy (non-hydrogen) atoms. The Bertz CT molecular complexity index is 1720. The third-order valence-electron chi connectivity index (χ3n) is 7.31. The van der Waals surface area contributed by atoms with E-state index in [2.05, 4.69) is 0 Å². The van der Waals surface area contributed by atoms with E-state index < -0.39 is 39.2 Å². The van der Waals surface area contributed by atoms with E-state index in [-0.39, 0.29) is 23.4 Å². The first-order chi connectivity index (χ1) is 19.5. The van der Waals surface area contributed by atoms with Gasteiger partial charge < -0.3 is 10.2 Å². The third kappa shape index (κ3) is 5.39. The van der Waals surface area contributed by atoms with E-state index in [4.69, 9.17) is 16.7 Å². The summed E-state index contributed by atoms with van der Waals surface area (Å²) in [5, 5.41) is 20.0. The lowest BCUT2D eigenvalue weighted by Gasteiger charge is -2.30. The number of aliphatic carboxylic acids is 2. The summed E-state index contributed by atoms with van der Waals surface area (Å²) in [5.74, 6) is -4.57. The Morgan fingerprint density at radius 2 is 1.37 bits per heavy atom. The van der Waals surface area contributed by atoms with Gasteiger partial charge in [-0.25, -0.2) is 13.2 Å². The van der Waals surface area contributed by atoms with Crippen molar-refractivity contribution in [2.45, 2.75) is 29.3 Å². The lowest BCUT2D eigenvalue weighted by molar-refractivity contribution is -0.143. The number of carboxylic acid groups (broad SMARTS) is 2. The van der Waals surface area contributed by atoms with Gasteiger partial charge in [-0.05, 0) is 52.9 Å². The summed E-state index contributed by atoms with van der Waals surface area (Å²) in [6, 6.07) is 27.6. The zero-order chi connectivity index (χ0) is 29.4. The van der Waals surface area contributed by atoms with Crippen LogP contribution >= 0.6 is 11.6 Å². The van der Waals surface area contributed by atoms with Crippen LogP contribution in [0.5, 0.6) is 0 Å². The molecule has 10 heteroatoms. The minimum Gasteiger partial charge on any atom is -0.480 e. The van der Waals surface area contributed by atoms with Crippen molar-refractivity contribution in [3.05, 3.63) is 125 Å². The number of sulfonamides is 1.